The first kappa shape index (κ1) is 19.7. The van der Waals surface area contributed by atoms with Crippen LogP contribution in [0.2, 0.25) is 5.02 Å². The lowest BCUT2D eigenvalue weighted by molar-refractivity contribution is -0.117. The molecule has 0 spiro atoms. The van der Waals surface area contributed by atoms with Crippen molar-refractivity contribution in [3.8, 4) is 0 Å². The minimum Gasteiger partial charge on any atom is -0.349 e. The van der Waals surface area contributed by atoms with Crippen molar-refractivity contribution in [2.45, 2.75) is 59.0 Å². The normalized spacial score (nSPS) is 20.8. The third-order valence-electron chi connectivity index (χ3n) is 4.14. The van der Waals surface area contributed by atoms with Crippen molar-refractivity contribution in [2.24, 2.45) is 5.41 Å². The number of rotatable bonds is 4. The van der Waals surface area contributed by atoms with E-state index in [4.69, 9.17) is 11.6 Å². The molecule has 1 aromatic rings. The first-order valence-electron chi connectivity index (χ1n) is 8.78. The second-order valence-corrected chi connectivity index (χ2v) is 8.44. The molecule has 5 nitrogen and oxygen atoms in total. The van der Waals surface area contributed by atoms with Crippen LogP contribution < -0.4 is 16.0 Å². The molecule has 0 aliphatic carbocycles. The molecule has 138 valence electrons. The summed E-state index contributed by atoms with van der Waals surface area (Å²) in [7, 11) is 0. The zero-order valence-corrected chi connectivity index (χ0v) is 16.2. The molecule has 1 aliphatic heterocycles. The topological polar surface area (TPSA) is 70.2 Å². The molecule has 1 fully saturated rings. The molecule has 2 atom stereocenters. The third-order valence-corrected chi connectivity index (χ3v) is 4.47. The van der Waals surface area contributed by atoms with Gasteiger partial charge in [-0.15, -0.1) is 0 Å². The highest BCUT2D eigenvalue weighted by molar-refractivity contribution is 6.34. The van der Waals surface area contributed by atoms with Gasteiger partial charge in [0, 0.05) is 24.2 Å². The highest BCUT2D eigenvalue weighted by atomic mass is 35.5. The zero-order valence-electron chi connectivity index (χ0n) is 15.4. The lowest BCUT2D eigenvalue weighted by Crippen LogP contribution is -2.46. The Morgan fingerprint density at radius 1 is 1.32 bits per heavy atom. The van der Waals surface area contributed by atoms with Gasteiger partial charge < -0.3 is 16.0 Å². The van der Waals surface area contributed by atoms with Crippen molar-refractivity contribution in [1.29, 1.82) is 0 Å². The number of hydrogen-bond donors (Lipinski definition) is 3. The van der Waals surface area contributed by atoms with Crippen molar-refractivity contribution in [1.82, 2.24) is 10.6 Å². The van der Waals surface area contributed by atoms with Crippen LogP contribution in [-0.4, -0.2) is 30.4 Å². The van der Waals surface area contributed by atoms with Crippen molar-refractivity contribution in [2.75, 3.05) is 11.9 Å². The van der Waals surface area contributed by atoms with Gasteiger partial charge in [-0.1, -0.05) is 32.4 Å². The van der Waals surface area contributed by atoms with Crippen LogP contribution in [0.4, 0.5) is 5.69 Å². The summed E-state index contributed by atoms with van der Waals surface area (Å²) < 4.78 is 0. The number of anilines is 1. The van der Waals surface area contributed by atoms with Crippen LogP contribution in [0, 0.1) is 5.41 Å². The number of piperidine rings is 1. The van der Waals surface area contributed by atoms with Crippen LogP contribution >= 0.6 is 11.6 Å². The summed E-state index contributed by atoms with van der Waals surface area (Å²) in [6, 6.07) is 5.53. The fraction of sp³-hybridized carbons (Fsp3) is 0.579. The number of halogens is 1. The molecule has 6 heteroatoms. The van der Waals surface area contributed by atoms with E-state index in [2.05, 4.69) is 22.9 Å². The van der Waals surface area contributed by atoms with E-state index >= 15 is 0 Å². The number of hydrogen-bond acceptors (Lipinski definition) is 3. The quantitative estimate of drug-likeness (QED) is 0.763. The standard InChI is InChI=1S/C19H28ClN3O2/c1-12-9-14(7-8-21-12)23-18(25)15-10-13(5-6-16(15)20)22-17(24)11-19(2,3)4/h5-6,10,12,14,21H,7-9,11H2,1-4H3,(H,22,24)(H,23,25). The molecule has 0 radical (unpaired) electrons. The largest absolute Gasteiger partial charge is 0.349 e. The van der Waals surface area contributed by atoms with Gasteiger partial charge in [0.1, 0.15) is 0 Å². The molecule has 1 saturated heterocycles. The molecule has 1 aromatic carbocycles. The monoisotopic (exact) mass is 365 g/mol. The minimum atomic E-state index is -0.198. The predicted octanol–water partition coefficient (Wildman–Crippen LogP) is 3.59. The van der Waals surface area contributed by atoms with Gasteiger partial charge in [-0.3, -0.25) is 9.59 Å². The number of carbonyl (C=O) groups excluding carboxylic acids is 2. The Labute approximate surface area is 154 Å². The Balaban J connectivity index is 2.05. The molecule has 3 N–H and O–H groups in total. The Kier molecular flexibility index (Phi) is 6.47. The van der Waals surface area contributed by atoms with Crippen LogP contribution in [0.5, 0.6) is 0 Å². The Hall–Kier alpha value is -1.59. The van der Waals surface area contributed by atoms with Crippen LogP contribution in [-0.2, 0) is 4.79 Å². The van der Waals surface area contributed by atoms with E-state index in [0.717, 1.165) is 19.4 Å². The summed E-state index contributed by atoms with van der Waals surface area (Å²) >= 11 is 6.19. The summed E-state index contributed by atoms with van der Waals surface area (Å²) in [6.45, 7) is 9.02. The van der Waals surface area contributed by atoms with Gasteiger partial charge in [-0.05, 0) is 49.9 Å². The summed E-state index contributed by atoms with van der Waals surface area (Å²) in [4.78, 5) is 24.7. The average molecular weight is 366 g/mol. The zero-order chi connectivity index (χ0) is 18.6. The first-order chi connectivity index (χ1) is 11.6. The van der Waals surface area contributed by atoms with Gasteiger partial charge >= 0.3 is 0 Å². The SMILES string of the molecule is CC1CC(NC(=O)c2cc(NC(=O)CC(C)(C)C)ccc2Cl)CCN1. The van der Waals surface area contributed by atoms with Crippen molar-refractivity contribution in [3.63, 3.8) is 0 Å². The average Bonchev–Trinajstić information content (AvgIpc) is 2.47. The Bertz CT molecular complexity index is 640. The summed E-state index contributed by atoms with van der Waals surface area (Å²) in [5, 5.41) is 9.64. The van der Waals surface area contributed by atoms with Gasteiger partial charge in [0.2, 0.25) is 5.91 Å². The summed E-state index contributed by atoms with van der Waals surface area (Å²) in [5.41, 5.74) is 0.881. The number of carbonyl (C=O) groups is 2. The molecule has 0 bridgehead atoms. The third kappa shape index (κ3) is 6.33. The highest BCUT2D eigenvalue weighted by Crippen LogP contribution is 2.23. The molecule has 0 saturated carbocycles. The molecule has 2 unspecified atom stereocenters. The molecule has 25 heavy (non-hydrogen) atoms. The maximum Gasteiger partial charge on any atom is 0.253 e. The maximum atomic E-state index is 12.6. The summed E-state index contributed by atoms with van der Waals surface area (Å²) in [5.74, 6) is -0.274. The second-order valence-electron chi connectivity index (χ2n) is 8.03. The fourth-order valence-electron chi connectivity index (χ4n) is 2.99. The molecular weight excluding hydrogens is 338 g/mol. The number of nitrogens with one attached hydrogen (secondary N) is 3. The lowest BCUT2D eigenvalue weighted by atomic mass is 9.92. The summed E-state index contributed by atoms with van der Waals surface area (Å²) in [6.07, 6.45) is 2.20. The van der Waals surface area contributed by atoms with Crippen LogP contribution in [0.1, 0.15) is 57.3 Å². The molecule has 1 heterocycles. The van der Waals surface area contributed by atoms with Crippen molar-refractivity contribution in [3.05, 3.63) is 28.8 Å². The van der Waals surface area contributed by atoms with Crippen LogP contribution in [0.3, 0.4) is 0 Å². The van der Waals surface area contributed by atoms with Crippen LogP contribution in [0.15, 0.2) is 18.2 Å². The highest BCUT2D eigenvalue weighted by Gasteiger charge is 2.22. The predicted molar refractivity (Wildman–Crippen MR) is 102 cm³/mol. The fourth-order valence-corrected chi connectivity index (χ4v) is 3.19. The maximum absolute atomic E-state index is 12.6. The minimum absolute atomic E-state index is 0.0756. The molecule has 2 amide bonds. The van der Waals surface area contributed by atoms with E-state index in [1.807, 2.05) is 20.8 Å². The molecule has 1 aliphatic rings. The number of benzene rings is 1. The van der Waals surface area contributed by atoms with E-state index in [-0.39, 0.29) is 23.3 Å². The number of amides is 2. The van der Waals surface area contributed by atoms with E-state index in [1.54, 1.807) is 18.2 Å². The van der Waals surface area contributed by atoms with Crippen LogP contribution in [0.25, 0.3) is 0 Å². The second kappa shape index (κ2) is 8.19. The van der Waals surface area contributed by atoms with E-state index in [1.165, 1.54) is 0 Å². The Morgan fingerprint density at radius 2 is 2.04 bits per heavy atom. The molecule has 0 aromatic heterocycles. The first-order valence-corrected chi connectivity index (χ1v) is 9.15. The van der Waals surface area contributed by atoms with Gasteiger partial charge in [-0.25, -0.2) is 0 Å². The molecule has 2 rings (SSSR count). The molecular formula is C19H28ClN3O2. The van der Waals surface area contributed by atoms with Crippen molar-refractivity contribution < 1.29 is 9.59 Å². The smallest absolute Gasteiger partial charge is 0.253 e. The van der Waals surface area contributed by atoms with Gasteiger partial charge in [0.25, 0.3) is 5.91 Å². The van der Waals surface area contributed by atoms with E-state index in [9.17, 15) is 9.59 Å². The van der Waals surface area contributed by atoms with E-state index in [0.29, 0.717) is 28.7 Å². The van der Waals surface area contributed by atoms with Gasteiger partial charge in [0.15, 0.2) is 0 Å². The van der Waals surface area contributed by atoms with Gasteiger partial charge in [-0.2, -0.15) is 0 Å². The lowest BCUT2D eigenvalue weighted by Gasteiger charge is -2.28. The van der Waals surface area contributed by atoms with Crippen molar-refractivity contribution >= 4 is 29.1 Å². The Morgan fingerprint density at radius 3 is 2.68 bits per heavy atom. The van der Waals surface area contributed by atoms with Gasteiger partial charge in [0.05, 0.1) is 10.6 Å². The van der Waals surface area contributed by atoms with E-state index < -0.39 is 0 Å².